The van der Waals surface area contributed by atoms with E-state index in [-0.39, 0.29) is 25.4 Å². The zero-order chi connectivity index (χ0) is 15.9. The summed E-state index contributed by atoms with van der Waals surface area (Å²) >= 11 is 0. The second-order valence-electron chi connectivity index (χ2n) is 5.59. The van der Waals surface area contributed by atoms with Crippen molar-refractivity contribution in [1.29, 1.82) is 0 Å². The normalized spacial score (nSPS) is 20.7. The number of aliphatic hydroxyl groups is 1. The molecular formula is C15H26O6. The molecule has 0 aromatic rings. The van der Waals surface area contributed by atoms with Crippen LogP contribution in [0.25, 0.3) is 0 Å². The lowest BCUT2D eigenvalue weighted by Gasteiger charge is -2.34. The van der Waals surface area contributed by atoms with E-state index in [0.29, 0.717) is 6.61 Å². The SMILES string of the molecule is C=CC(=O)OCC(O)COC(C)(C)C(CC)OCC1CO1. The fourth-order valence-electron chi connectivity index (χ4n) is 1.89. The van der Waals surface area contributed by atoms with Gasteiger partial charge in [-0.15, -0.1) is 0 Å². The van der Waals surface area contributed by atoms with Gasteiger partial charge in [0.1, 0.15) is 18.8 Å². The monoisotopic (exact) mass is 302 g/mol. The van der Waals surface area contributed by atoms with Crippen LogP contribution < -0.4 is 0 Å². The van der Waals surface area contributed by atoms with Crippen molar-refractivity contribution >= 4 is 5.97 Å². The van der Waals surface area contributed by atoms with E-state index in [2.05, 4.69) is 6.58 Å². The first-order chi connectivity index (χ1) is 9.89. The van der Waals surface area contributed by atoms with Crippen molar-refractivity contribution in [2.75, 3.05) is 26.4 Å². The molecule has 21 heavy (non-hydrogen) atoms. The molecule has 1 aliphatic rings. The van der Waals surface area contributed by atoms with Crippen LogP contribution in [0.1, 0.15) is 27.2 Å². The molecule has 1 rings (SSSR count). The quantitative estimate of drug-likeness (QED) is 0.349. The molecule has 122 valence electrons. The molecule has 0 amide bonds. The van der Waals surface area contributed by atoms with Crippen LogP contribution in [0.5, 0.6) is 0 Å². The summed E-state index contributed by atoms with van der Waals surface area (Å²) in [4.78, 5) is 10.9. The molecule has 0 aromatic carbocycles. The Balaban J connectivity index is 2.30. The Morgan fingerprint density at radius 2 is 2.19 bits per heavy atom. The number of epoxide rings is 1. The highest BCUT2D eigenvalue weighted by Crippen LogP contribution is 2.23. The van der Waals surface area contributed by atoms with Gasteiger partial charge >= 0.3 is 5.97 Å². The van der Waals surface area contributed by atoms with E-state index in [4.69, 9.17) is 18.9 Å². The Kier molecular flexibility index (Phi) is 7.31. The number of hydrogen-bond donors (Lipinski definition) is 1. The summed E-state index contributed by atoms with van der Waals surface area (Å²) in [5.41, 5.74) is -0.549. The molecule has 1 heterocycles. The summed E-state index contributed by atoms with van der Waals surface area (Å²) in [6, 6.07) is 0. The van der Waals surface area contributed by atoms with Gasteiger partial charge in [-0.1, -0.05) is 13.5 Å². The van der Waals surface area contributed by atoms with Gasteiger partial charge in [0.2, 0.25) is 0 Å². The topological polar surface area (TPSA) is 77.5 Å². The Hall–Kier alpha value is -0.950. The van der Waals surface area contributed by atoms with Crippen molar-refractivity contribution in [3.63, 3.8) is 0 Å². The lowest BCUT2D eigenvalue weighted by Crippen LogP contribution is -2.43. The summed E-state index contributed by atoms with van der Waals surface area (Å²) in [6.07, 6.45) is 1.08. The summed E-state index contributed by atoms with van der Waals surface area (Å²) in [7, 11) is 0. The van der Waals surface area contributed by atoms with Gasteiger partial charge in [-0.05, 0) is 20.3 Å². The van der Waals surface area contributed by atoms with Crippen LogP contribution >= 0.6 is 0 Å². The van der Waals surface area contributed by atoms with Crippen LogP contribution in [0, 0.1) is 0 Å². The maximum Gasteiger partial charge on any atom is 0.330 e. The molecule has 3 atom stereocenters. The number of rotatable bonds is 11. The van der Waals surface area contributed by atoms with Gasteiger partial charge in [0, 0.05) is 6.08 Å². The van der Waals surface area contributed by atoms with Crippen LogP contribution in [-0.2, 0) is 23.7 Å². The molecule has 6 nitrogen and oxygen atoms in total. The second-order valence-corrected chi connectivity index (χ2v) is 5.59. The van der Waals surface area contributed by atoms with Gasteiger partial charge in [-0.25, -0.2) is 4.79 Å². The zero-order valence-corrected chi connectivity index (χ0v) is 13.0. The van der Waals surface area contributed by atoms with Crippen molar-refractivity contribution in [1.82, 2.24) is 0 Å². The number of aliphatic hydroxyl groups excluding tert-OH is 1. The third-order valence-electron chi connectivity index (χ3n) is 3.26. The minimum Gasteiger partial charge on any atom is -0.460 e. The smallest absolute Gasteiger partial charge is 0.330 e. The fourth-order valence-corrected chi connectivity index (χ4v) is 1.89. The number of hydrogen-bond acceptors (Lipinski definition) is 6. The van der Waals surface area contributed by atoms with E-state index in [1.165, 1.54) is 0 Å². The number of esters is 1. The first-order valence-electron chi connectivity index (χ1n) is 7.23. The maximum absolute atomic E-state index is 10.9. The third kappa shape index (κ3) is 7.04. The molecule has 0 aliphatic carbocycles. The van der Waals surface area contributed by atoms with Gasteiger partial charge in [-0.2, -0.15) is 0 Å². The lowest BCUT2D eigenvalue weighted by molar-refractivity contribution is -0.156. The fraction of sp³-hybridized carbons (Fsp3) is 0.800. The molecule has 1 N–H and O–H groups in total. The minimum atomic E-state index is -0.877. The predicted molar refractivity (Wildman–Crippen MR) is 77.0 cm³/mol. The molecular weight excluding hydrogens is 276 g/mol. The van der Waals surface area contributed by atoms with Crippen molar-refractivity contribution in [2.45, 2.75) is 51.1 Å². The largest absolute Gasteiger partial charge is 0.460 e. The second kappa shape index (κ2) is 8.48. The Morgan fingerprint density at radius 1 is 1.52 bits per heavy atom. The lowest BCUT2D eigenvalue weighted by atomic mass is 9.99. The van der Waals surface area contributed by atoms with E-state index in [9.17, 15) is 9.90 Å². The summed E-state index contributed by atoms with van der Waals surface area (Å²) < 4.78 is 21.4. The highest BCUT2D eigenvalue weighted by Gasteiger charge is 2.33. The summed E-state index contributed by atoms with van der Waals surface area (Å²) in [5, 5.41) is 9.74. The highest BCUT2D eigenvalue weighted by molar-refractivity contribution is 5.81. The highest BCUT2D eigenvalue weighted by atomic mass is 16.6. The molecule has 0 bridgehead atoms. The molecule has 0 spiro atoms. The van der Waals surface area contributed by atoms with Gasteiger partial charge in [0.15, 0.2) is 0 Å². The Morgan fingerprint density at radius 3 is 2.71 bits per heavy atom. The van der Waals surface area contributed by atoms with Crippen LogP contribution in [0.15, 0.2) is 12.7 Å². The van der Waals surface area contributed by atoms with E-state index in [1.54, 1.807) is 0 Å². The average molecular weight is 302 g/mol. The maximum atomic E-state index is 10.9. The summed E-state index contributed by atoms with van der Waals surface area (Å²) in [6.45, 7) is 10.4. The van der Waals surface area contributed by atoms with Crippen LogP contribution in [0.4, 0.5) is 0 Å². The van der Waals surface area contributed by atoms with E-state index in [1.807, 2.05) is 20.8 Å². The Labute approximate surface area is 126 Å². The molecule has 0 radical (unpaired) electrons. The third-order valence-corrected chi connectivity index (χ3v) is 3.26. The molecule has 1 aliphatic heterocycles. The van der Waals surface area contributed by atoms with Crippen LogP contribution in [-0.4, -0.2) is 61.4 Å². The molecule has 1 fully saturated rings. The molecule has 1 saturated heterocycles. The molecule has 0 saturated carbocycles. The molecule has 0 aromatic heterocycles. The standard InChI is InChI=1S/C15H26O6/c1-5-13(19-10-12-9-18-12)15(3,4)21-8-11(16)7-20-14(17)6-2/h6,11-13,16H,2,5,7-10H2,1,3-4H3. The van der Waals surface area contributed by atoms with Crippen LogP contribution in [0.2, 0.25) is 0 Å². The number of carbonyl (C=O) groups is 1. The number of ether oxygens (including phenoxy) is 4. The van der Waals surface area contributed by atoms with Gasteiger partial charge in [0.05, 0.1) is 31.5 Å². The molecule has 3 unspecified atom stereocenters. The first-order valence-corrected chi connectivity index (χ1v) is 7.23. The molecule has 6 heteroatoms. The van der Waals surface area contributed by atoms with Gasteiger partial charge < -0.3 is 24.1 Å². The van der Waals surface area contributed by atoms with Crippen molar-refractivity contribution in [3.05, 3.63) is 12.7 Å². The zero-order valence-electron chi connectivity index (χ0n) is 13.0. The Bertz CT molecular complexity index is 337. The summed E-state index contributed by atoms with van der Waals surface area (Å²) in [5.74, 6) is -0.562. The average Bonchev–Trinajstić information content (AvgIpc) is 3.27. The van der Waals surface area contributed by atoms with Gasteiger partial charge in [-0.3, -0.25) is 0 Å². The van der Waals surface area contributed by atoms with Crippen molar-refractivity contribution in [3.8, 4) is 0 Å². The van der Waals surface area contributed by atoms with E-state index in [0.717, 1.165) is 19.1 Å². The predicted octanol–water partition coefficient (Wildman–Crippen LogP) is 1.07. The van der Waals surface area contributed by atoms with Crippen LogP contribution in [0.3, 0.4) is 0 Å². The van der Waals surface area contributed by atoms with Gasteiger partial charge in [0.25, 0.3) is 0 Å². The van der Waals surface area contributed by atoms with E-state index >= 15 is 0 Å². The van der Waals surface area contributed by atoms with Crippen molar-refractivity contribution in [2.24, 2.45) is 0 Å². The minimum absolute atomic E-state index is 0.0667. The van der Waals surface area contributed by atoms with E-state index < -0.39 is 17.7 Å². The number of carbonyl (C=O) groups excluding carboxylic acids is 1. The first kappa shape index (κ1) is 18.1. The van der Waals surface area contributed by atoms with Crippen molar-refractivity contribution < 1.29 is 28.8 Å².